The van der Waals surface area contributed by atoms with E-state index < -0.39 is 15.9 Å². The minimum Gasteiger partial charge on any atom is -0.322 e. The number of carbonyl (C=O) groups is 1. The number of carbonyl (C=O) groups excluding carboxylic acids is 1. The van der Waals surface area contributed by atoms with Crippen molar-refractivity contribution >= 4 is 44.8 Å². The van der Waals surface area contributed by atoms with E-state index in [1.807, 2.05) is 0 Å². The van der Waals surface area contributed by atoms with Crippen molar-refractivity contribution in [3.63, 3.8) is 0 Å². The molecule has 1 heterocycles. The highest BCUT2D eigenvalue weighted by atomic mass is 35.5. The summed E-state index contributed by atoms with van der Waals surface area (Å²) in [7, 11) is -3.51. The molecule has 1 aliphatic heterocycles. The van der Waals surface area contributed by atoms with Gasteiger partial charge in [0.2, 0.25) is 10.0 Å². The van der Waals surface area contributed by atoms with Gasteiger partial charge in [-0.25, -0.2) is 8.42 Å². The van der Waals surface area contributed by atoms with Crippen LogP contribution in [0.15, 0.2) is 47.4 Å². The summed E-state index contributed by atoms with van der Waals surface area (Å²) in [6.07, 6.45) is 1.74. The van der Waals surface area contributed by atoms with Gasteiger partial charge in [-0.3, -0.25) is 4.79 Å². The molecular weight excluding hydrogens is 407 g/mol. The maximum absolute atomic E-state index is 12.7. The standard InChI is InChI=1S/C19H20Cl2N2O3S/c1-13-9-11-23(12-10-13)27(25,26)15-7-5-14(6-8-15)22-19(24)16-3-2-4-17(20)18(16)21/h2-8,13H,9-12H2,1H3,(H,22,24). The van der Waals surface area contributed by atoms with Gasteiger partial charge in [0.1, 0.15) is 0 Å². The number of benzene rings is 2. The zero-order valence-corrected chi connectivity index (χ0v) is 17.1. The lowest BCUT2D eigenvalue weighted by molar-refractivity contribution is 0.102. The number of rotatable bonds is 4. The van der Waals surface area contributed by atoms with E-state index in [-0.39, 0.29) is 15.5 Å². The molecule has 3 rings (SSSR count). The van der Waals surface area contributed by atoms with E-state index in [9.17, 15) is 13.2 Å². The topological polar surface area (TPSA) is 66.5 Å². The van der Waals surface area contributed by atoms with Crippen LogP contribution in [0.25, 0.3) is 0 Å². The molecule has 0 spiro atoms. The van der Waals surface area contributed by atoms with Crippen LogP contribution in [-0.2, 0) is 10.0 Å². The average molecular weight is 427 g/mol. The normalized spacial score (nSPS) is 16.3. The van der Waals surface area contributed by atoms with Crippen LogP contribution in [0.2, 0.25) is 10.0 Å². The van der Waals surface area contributed by atoms with E-state index in [0.717, 1.165) is 12.8 Å². The minimum absolute atomic E-state index is 0.176. The summed E-state index contributed by atoms with van der Waals surface area (Å²) in [5.74, 6) is 0.135. The number of hydrogen-bond donors (Lipinski definition) is 1. The Morgan fingerprint density at radius 3 is 2.33 bits per heavy atom. The first-order valence-electron chi connectivity index (χ1n) is 8.64. The van der Waals surface area contributed by atoms with Crippen LogP contribution in [-0.4, -0.2) is 31.7 Å². The minimum atomic E-state index is -3.51. The van der Waals surface area contributed by atoms with Gasteiger partial charge in [-0.1, -0.05) is 36.2 Å². The third-order valence-corrected chi connectivity index (χ3v) is 7.42. The molecule has 5 nitrogen and oxygen atoms in total. The molecular formula is C19H20Cl2N2O3S. The van der Waals surface area contributed by atoms with Gasteiger partial charge < -0.3 is 5.32 Å². The Morgan fingerprint density at radius 2 is 1.70 bits per heavy atom. The van der Waals surface area contributed by atoms with Gasteiger partial charge in [0.25, 0.3) is 5.91 Å². The SMILES string of the molecule is CC1CCN(S(=O)(=O)c2ccc(NC(=O)c3cccc(Cl)c3Cl)cc2)CC1. The monoisotopic (exact) mass is 426 g/mol. The predicted octanol–water partition coefficient (Wildman–Crippen LogP) is 4.67. The number of sulfonamides is 1. The number of nitrogens with zero attached hydrogens (tertiary/aromatic N) is 1. The molecule has 0 aromatic heterocycles. The number of halogens is 2. The van der Waals surface area contributed by atoms with Crippen LogP contribution in [0.1, 0.15) is 30.1 Å². The van der Waals surface area contributed by atoms with E-state index in [1.54, 1.807) is 30.3 Å². The molecule has 0 unspecified atom stereocenters. The molecule has 8 heteroatoms. The Morgan fingerprint density at radius 1 is 1.07 bits per heavy atom. The second kappa shape index (κ2) is 8.19. The summed E-state index contributed by atoms with van der Waals surface area (Å²) in [4.78, 5) is 12.6. The van der Waals surface area contributed by atoms with E-state index in [0.29, 0.717) is 29.7 Å². The molecule has 2 aromatic rings. The fraction of sp³-hybridized carbons (Fsp3) is 0.316. The number of nitrogens with one attached hydrogen (secondary N) is 1. The summed E-state index contributed by atoms with van der Waals surface area (Å²) in [5.41, 5.74) is 0.727. The van der Waals surface area contributed by atoms with Gasteiger partial charge in [0, 0.05) is 18.8 Å². The van der Waals surface area contributed by atoms with Crippen LogP contribution >= 0.6 is 23.2 Å². The first kappa shape index (κ1) is 20.1. The summed E-state index contributed by atoms with van der Waals surface area (Å²) in [6.45, 7) is 3.21. The average Bonchev–Trinajstić information content (AvgIpc) is 2.64. The van der Waals surface area contributed by atoms with E-state index in [1.165, 1.54) is 16.4 Å². The van der Waals surface area contributed by atoms with Crippen LogP contribution < -0.4 is 5.32 Å². The molecule has 0 bridgehead atoms. The van der Waals surface area contributed by atoms with E-state index in [2.05, 4.69) is 12.2 Å². The highest BCUT2D eigenvalue weighted by Gasteiger charge is 2.28. The molecule has 0 radical (unpaired) electrons. The molecule has 0 saturated carbocycles. The highest BCUT2D eigenvalue weighted by Crippen LogP contribution is 2.27. The number of hydrogen-bond acceptors (Lipinski definition) is 3. The summed E-state index contributed by atoms with van der Waals surface area (Å²) in [5, 5.41) is 3.17. The maximum Gasteiger partial charge on any atom is 0.257 e. The Balaban J connectivity index is 1.73. The van der Waals surface area contributed by atoms with E-state index in [4.69, 9.17) is 23.2 Å². The Hall–Kier alpha value is -1.60. The molecule has 1 fully saturated rings. The van der Waals surface area contributed by atoms with Crippen molar-refractivity contribution in [3.05, 3.63) is 58.1 Å². The van der Waals surface area contributed by atoms with Crippen LogP contribution in [0.5, 0.6) is 0 Å². The lowest BCUT2D eigenvalue weighted by Gasteiger charge is -2.29. The van der Waals surface area contributed by atoms with Crippen molar-refractivity contribution in [2.45, 2.75) is 24.7 Å². The summed E-state index contributed by atoms with van der Waals surface area (Å²) < 4.78 is 27.0. The Labute approximate surface area is 169 Å². The number of piperidine rings is 1. The molecule has 1 aliphatic rings. The maximum atomic E-state index is 12.7. The predicted molar refractivity (Wildman–Crippen MR) is 108 cm³/mol. The zero-order valence-electron chi connectivity index (χ0n) is 14.8. The molecule has 2 aromatic carbocycles. The summed E-state index contributed by atoms with van der Waals surface area (Å²) in [6, 6.07) is 10.9. The lowest BCUT2D eigenvalue weighted by Crippen LogP contribution is -2.37. The molecule has 0 atom stereocenters. The fourth-order valence-corrected chi connectivity index (χ4v) is 4.82. The van der Waals surface area contributed by atoms with Gasteiger partial charge in [0.15, 0.2) is 0 Å². The molecule has 144 valence electrons. The van der Waals surface area contributed by atoms with Gasteiger partial charge in [-0.2, -0.15) is 4.31 Å². The van der Waals surface area contributed by atoms with Crippen molar-refractivity contribution in [3.8, 4) is 0 Å². The Bertz CT molecular complexity index is 938. The molecule has 1 amide bonds. The Kier molecular flexibility index (Phi) is 6.11. The van der Waals surface area contributed by atoms with Gasteiger partial charge in [-0.05, 0) is 55.2 Å². The van der Waals surface area contributed by atoms with Crippen LogP contribution in [0.3, 0.4) is 0 Å². The summed E-state index contributed by atoms with van der Waals surface area (Å²) >= 11 is 12.0. The van der Waals surface area contributed by atoms with Crippen LogP contribution in [0, 0.1) is 5.92 Å². The highest BCUT2D eigenvalue weighted by molar-refractivity contribution is 7.89. The fourth-order valence-electron chi connectivity index (χ4n) is 2.96. The third kappa shape index (κ3) is 4.46. The first-order chi connectivity index (χ1) is 12.8. The molecule has 1 saturated heterocycles. The van der Waals surface area contributed by atoms with E-state index >= 15 is 0 Å². The zero-order chi connectivity index (χ0) is 19.6. The van der Waals surface area contributed by atoms with Gasteiger partial charge in [0.05, 0.1) is 20.5 Å². The van der Waals surface area contributed by atoms with Crippen molar-refractivity contribution in [2.24, 2.45) is 5.92 Å². The second-order valence-corrected chi connectivity index (χ2v) is 9.39. The van der Waals surface area contributed by atoms with Crippen molar-refractivity contribution < 1.29 is 13.2 Å². The first-order valence-corrected chi connectivity index (χ1v) is 10.8. The van der Waals surface area contributed by atoms with Crippen LogP contribution in [0.4, 0.5) is 5.69 Å². The van der Waals surface area contributed by atoms with Gasteiger partial charge in [-0.15, -0.1) is 0 Å². The molecule has 0 aliphatic carbocycles. The molecule has 27 heavy (non-hydrogen) atoms. The number of anilines is 1. The largest absolute Gasteiger partial charge is 0.322 e. The second-order valence-electron chi connectivity index (χ2n) is 6.67. The van der Waals surface area contributed by atoms with Crippen molar-refractivity contribution in [2.75, 3.05) is 18.4 Å². The van der Waals surface area contributed by atoms with Crippen molar-refractivity contribution in [1.29, 1.82) is 0 Å². The van der Waals surface area contributed by atoms with Gasteiger partial charge >= 0.3 is 0 Å². The van der Waals surface area contributed by atoms with Crippen molar-refractivity contribution in [1.82, 2.24) is 4.31 Å². The lowest BCUT2D eigenvalue weighted by atomic mass is 10.0. The smallest absolute Gasteiger partial charge is 0.257 e. The quantitative estimate of drug-likeness (QED) is 0.772. The number of amides is 1. The third-order valence-electron chi connectivity index (χ3n) is 4.69. The molecule has 1 N–H and O–H groups in total.